The quantitative estimate of drug-likeness (QED) is 0.0198. The van der Waals surface area contributed by atoms with Crippen LogP contribution in [0.2, 0.25) is 0 Å². The van der Waals surface area contributed by atoms with E-state index in [0.717, 1.165) is 70.6 Å². The lowest BCUT2D eigenvalue weighted by atomic mass is 9.98. The molecule has 0 aromatic heterocycles. The Morgan fingerprint density at radius 2 is 0.923 bits per heavy atom. The smallest absolute Gasteiger partial charge is 0.306 e. The third-order valence-corrected chi connectivity index (χ3v) is 11.9. The summed E-state index contributed by atoms with van der Waals surface area (Å²) in [5.74, 6) is -0.940. The topological polar surface area (TPSA) is 231 Å². The second-order valence-corrected chi connectivity index (χ2v) is 17.6. The molecule has 0 saturated carbocycles. The van der Waals surface area contributed by atoms with Gasteiger partial charge in [0.15, 0.2) is 18.7 Å². The van der Waals surface area contributed by atoms with Crippen molar-refractivity contribution in [2.75, 3.05) is 26.4 Å². The second kappa shape index (κ2) is 37.7. The molecule has 2 saturated heterocycles. The average Bonchev–Trinajstić information content (AvgIpc) is 3.30. The summed E-state index contributed by atoms with van der Waals surface area (Å²) in [6.45, 7) is 2.53. The maximum absolute atomic E-state index is 13.0. The number of rotatable bonds is 38. The fourth-order valence-corrected chi connectivity index (χ4v) is 7.69. The summed E-state index contributed by atoms with van der Waals surface area (Å²) in [7, 11) is 0. The van der Waals surface area contributed by atoms with E-state index in [1.165, 1.54) is 64.2 Å². The van der Waals surface area contributed by atoms with Crippen molar-refractivity contribution in [2.24, 2.45) is 0 Å². The summed E-state index contributed by atoms with van der Waals surface area (Å²) >= 11 is 0. The van der Waals surface area contributed by atoms with Crippen LogP contribution in [0, 0.1) is 0 Å². The molecule has 15 heteroatoms. The van der Waals surface area contributed by atoms with Crippen LogP contribution in [0.3, 0.4) is 0 Å². The number of hydrogen-bond acceptors (Lipinski definition) is 15. The van der Waals surface area contributed by atoms with E-state index >= 15 is 0 Å². The molecule has 0 aromatic carbocycles. The first-order valence-electron chi connectivity index (χ1n) is 25.1. The highest BCUT2D eigenvalue weighted by molar-refractivity contribution is 5.70. The third-order valence-electron chi connectivity index (χ3n) is 11.9. The number of unbranched alkanes of at least 4 members (excludes halogenated alkanes) is 18. The van der Waals surface area contributed by atoms with Gasteiger partial charge in [-0.15, -0.1) is 0 Å². The van der Waals surface area contributed by atoms with Gasteiger partial charge in [0.25, 0.3) is 0 Å². The Balaban J connectivity index is 1.81. The number of ether oxygens (including phenoxy) is 6. The van der Waals surface area contributed by atoms with Gasteiger partial charge in [-0.25, -0.2) is 0 Å². The van der Waals surface area contributed by atoms with Crippen molar-refractivity contribution in [1.29, 1.82) is 0 Å². The van der Waals surface area contributed by atoms with Crippen LogP contribution in [0.5, 0.6) is 0 Å². The Bertz CT molecular complexity index is 1280. The molecule has 7 N–H and O–H groups in total. The van der Waals surface area contributed by atoms with E-state index in [1.807, 2.05) is 0 Å². The molecular weight excluding hydrogens is 841 g/mol. The lowest BCUT2D eigenvalue weighted by Crippen LogP contribution is -2.61. The van der Waals surface area contributed by atoms with Gasteiger partial charge in [0.1, 0.15) is 55.4 Å². The molecule has 2 rings (SSSR count). The predicted molar refractivity (Wildman–Crippen MR) is 247 cm³/mol. The minimum atomic E-state index is -1.77. The zero-order chi connectivity index (χ0) is 47.5. The molecule has 2 fully saturated rings. The minimum absolute atomic E-state index is 0.152. The molecule has 0 radical (unpaired) electrons. The fraction of sp³-hybridized carbons (Fsp3) is 0.840. The van der Waals surface area contributed by atoms with Gasteiger partial charge in [0.05, 0.1) is 19.8 Å². The van der Waals surface area contributed by atoms with E-state index in [-0.39, 0.29) is 26.1 Å². The monoisotopic (exact) mass is 929 g/mol. The number of hydrogen-bond donors (Lipinski definition) is 7. The number of carbonyl (C=O) groups is 2. The summed E-state index contributed by atoms with van der Waals surface area (Å²) < 4.78 is 33.5. The SMILES string of the molecule is CCCCC/C=C\C/C=C\C/C=C\CCCCCCCCC(=O)OC(COC(=O)CCCCCCCCCCCC)COC1OC(COC2OC(CO)C(O)C(O)C2O)C(O)C(O)C1O. The van der Waals surface area contributed by atoms with E-state index in [0.29, 0.717) is 12.8 Å². The summed E-state index contributed by atoms with van der Waals surface area (Å²) in [5.41, 5.74) is 0. The standard InChI is InChI=1S/C50H88O15/c1-3-5-7-9-11-13-15-16-17-18-19-20-21-22-23-25-27-29-31-33-42(53)63-38(35-60-41(52)32-30-28-26-24-14-12-10-8-6-4-2)36-61-49-48(59)46(57)44(55)40(65-49)37-62-50-47(58)45(56)43(54)39(34-51)64-50/h11,13,16-17,19-20,38-40,43-51,54-59H,3-10,12,14-15,18,21-37H2,1-2H3/b13-11-,17-16-,20-19-. The van der Waals surface area contributed by atoms with Crippen LogP contribution in [-0.2, 0) is 38.0 Å². The lowest BCUT2D eigenvalue weighted by Gasteiger charge is -2.42. The van der Waals surface area contributed by atoms with Crippen LogP contribution >= 0.6 is 0 Å². The van der Waals surface area contributed by atoms with Gasteiger partial charge in [-0.1, -0.05) is 147 Å². The number of allylic oxidation sites excluding steroid dienone is 6. The van der Waals surface area contributed by atoms with Gasteiger partial charge in [-0.2, -0.15) is 0 Å². The van der Waals surface area contributed by atoms with Crippen molar-refractivity contribution < 1.29 is 73.8 Å². The molecular formula is C50H88O15. The molecule has 2 aliphatic heterocycles. The summed E-state index contributed by atoms with van der Waals surface area (Å²) in [6.07, 6.45) is 21.8. The van der Waals surface area contributed by atoms with E-state index in [1.54, 1.807) is 0 Å². The molecule has 378 valence electrons. The van der Waals surface area contributed by atoms with Crippen LogP contribution in [0.15, 0.2) is 36.5 Å². The van der Waals surface area contributed by atoms with Crippen LogP contribution in [0.1, 0.15) is 174 Å². The maximum atomic E-state index is 13.0. The van der Waals surface area contributed by atoms with E-state index in [4.69, 9.17) is 28.4 Å². The van der Waals surface area contributed by atoms with E-state index in [2.05, 4.69) is 50.3 Å². The Labute approximate surface area is 389 Å². The Morgan fingerprint density at radius 1 is 0.492 bits per heavy atom. The maximum Gasteiger partial charge on any atom is 0.306 e. The average molecular weight is 929 g/mol. The van der Waals surface area contributed by atoms with Gasteiger partial charge in [-0.3, -0.25) is 9.59 Å². The van der Waals surface area contributed by atoms with Crippen LogP contribution in [0.4, 0.5) is 0 Å². The molecule has 2 heterocycles. The first-order chi connectivity index (χ1) is 31.5. The van der Waals surface area contributed by atoms with Gasteiger partial charge in [0, 0.05) is 12.8 Å². The first-order valence-corrected chi connectivity index (χ1v) is 25.1. The highest BCUT2D eigenvalue weighted by Gasteiger charge is 2.47. The zero-order valence-corrected chi connectivity index (χ0v) is 39.7. The Kier molecular flexibility index (Phi) is 34.1. The Morgan fingerprint density at radius 3 is 1.48 bits per heavy atom. The van der Waals surface area contributed by atoms with Gasteiger partial charge < -0.3 is 64.2 Å². The van der Waals surface area contributed by atoms with Crippen molar-refractivity contribution in [1.82, 2.24) is 0 Å². The molecule has 0 spiro atoms. The van der Waals surface area contributed by atoms with E-state index < -0.39 is 92.7 Å². The highest BCUT2D eigenvalue weighted by Crippen LogP contribution is 2.26. The summed E-state index contributed by atoms with van der Waals surface area (Å²) in [5, 5.41) is 72.0. The number of esters is 2. The first kappa shape index (κ1) is 58.8. The summed E-state index contributed by atoms with van der Waals surface area (Å²) in [6, 6.07) is 0. The van der Waals surface area contributed by atoms with Crippen molar-refractivity contribution in [2.45, 2.75) is 242 Å². The fourth-order valence-electron chi connectivity index (χ4n) is 7.69. The molecule has 0 aliphatic carbocycles. The number of aliphatic hydroxyl groups is 7. The van der Waals surface area contributed by atoms with Crippen LogP contribution in [0.25, 0.3) is 0 Å². The molecule has 2 aliphatic rings. The van der Waals surface area contributed by atoms with Gasteiger partial charge in [-0.05, 0) is 51.4 Å². The molecule has 0 aromatic rings. The zero-order valence-electron chi connectivity index (χ0n) is 39.7. The normalized spacial score (nSPS) is 26.7. The number of aliphatic hydroxyl groups excluding tert-OH is 7. The van der Waals surface area contributed by atoms with Crippen molar-refractivity contribution >= 4 is 11.9 Å². The summed E-state index contributed by atoms with van der Waals surface area (Å²) in [4.78, 5) is 25.7. The molecule has 0 amide bonds. The molecule has 65 heavy (non-hydrogen) atoms. The van der Waals surface area contributed by atoms with Crippen molar-refractivity contribution in [3.8, 4) is 0 Å². The van der Waals surface area contributed by atoms with Crippen LogP contribution < -0.4 is 0 Å². The van der Waals surface area contributed by atoms with Gasteiger partial charge in [0.2, 0.25) is 0 Å². The molecule has 11 atom stereocenters. The molecule has 15 nitrogen and oxygen atoms in total. The van der Waals surface area contributed by atoms with Crippen molar-refractivity contribution in [3.63, 3.8) is 0 Å². The molecule has 0 bridgehead atoms. The van der Waals surface area contributed by atoms with E-state index in [9.17, 15) is 45.3 Å². The van der Waals surface area contributed by atoms with Gasteiger partial charge >= 0.3 is 11.9 Å². The third kappa shape index (κ3) is 26.2. The lowest BCUT2D eigenvalue weighted by molar-refractivity contribution is -0.332. The van der Waals surface area contributed by atoms with Crippen molar-refractivity contribution in [3.05, 3.63) is 36.5 Å². The minimum Gasteiger partial charge on any atom is -0.462 e. The largest absolute Gasteiger partial charge is 0.462 e. The highest BCUT2D eigenvalue weighted by atomic mass is 16.7. The molecule has 11 unspecified atom stereocenters. The predicted octanol–water partition coefficient (Wildman–Crippen LogP) is 6.54. The van der Waals surface area contributed by atoms with Crippen LogP contribution in [-0.4, -0.2) is 142 Å². The second-order valence-electron chi connectivity index (χ2n) is 17.6. The Hall–Kier alpha value is -2.28. The number of carbonyl (C=O) groups excluding carboxylic acids is 2.